The molecule has 4 atom stereocenters. The number of rotatable bonds is 8. The molecule has 2 fully saturated rings. The summed E-state index contributed by atoms with van der Waals surface area (Å²) in [5.41, 5.74) is 5.29. The summed E-state index contributed by atoms with van der Waals surface area (Å²) in [6.07, 6.45) is 3.06. The number of thioether (sulfide) groups is 1. The number of fused-ring (bicyclic) bond motifs is 1. The Kier molecular flexibility index (Phi) is 6.15. The molecule has 2 saturated heterocycles. The fourth-order valence-electron chi connectivity index (χ4n) is 3.09. The summed E-state index contributed by atoms with van der Waals surface area (Å²) in [5.74, 6) is 0.312. The predicted molar refractivity (Wildman–Crippen MR) is 89.9 cm³/mol. The molecule has 2 rings (SSSR count). The number of hydrogen-bond acceptors (Lipinski definition) is 4. The first-order valence-electron chi connectivity index (χ1n) is 8.15. The third-order valence-electron chi connectivity index (χ3n) is 4.37. The molecule has 5 N–H and O–H groups in total. The van der Waals surface area contributed by atoms with Gasteiger partial charge in [0, 0.05) is 17.4 Å². The van der Waals surface area contributed by atoms with Gasteiger partial charge in [-0.25, -0.2) is 4.79 Å². The maximum absolute atomic E-state index is 11.9. The van der Waals surface area contributed by atoms with E-state index >= 15 is 0 Å². The summed E-state index contributed by atoms with van der Waals surface area (Å²) in [6, 6.07) is -0.228. The zero-order chi connectivity index (χ0) is 17.0. The first-order valence-corrected chi connectivity index (χ1v) is 9.20. The van der Waals surface area contributed by atoms with E-state index in [-0.39, 0.29) is 29.9 Å². The van der Waals surface area contributed by atoms with E-state index in [9.17, 15) is 14.4 Å². The molecule has 23 heavy (non-hydrogen) atoms. The molecule has 0 unspecified atom stereocenters. The average molecular weight is 342 g/mol. The van der Waals surface area contributed by atoms with Crippen molar-refractivity contribution in [2.75, 3.05) is 5.75 Å². The minimum Gasteiger partial charge on any atom is -0.368 e. The number of nitrogens with two attached hydrogens (primary N) is 1. The van der Waals surface area contributed by atoms with Gasteiger partial charge in [0.25, 0.3) is 0 Å². The van der Waals surface area contributed by atoms with Gasteiger partial charge in [0.1, 0.15) is 6.04 Å². The maximum atomic E-state index is 11.9. The second-order valence-electron chi connectivity index (χ2n) is 6.56. The van der Waals surface area contributed by atoms with Gasteiger partial charge >= 0.3 is 6.03 Å². The van der Waals surface area contributed by atoms with Gasteiger partial charge in [0.2, 0.25) is 11.8 Å². The van der Waals surface area contributed by atoms with E-state index in [0.717, 1.165) is 25.0 Å². The Balaban J connectivity index is 1.64. The second kappa shape index (κ2) is 7.90. The van der Waals surface area contributed by atoms with Crippen LogP contribution in [0.15, 0.2) is 0 Å². The van der Waals surface area contributed by atoms with Crippen molar-refractivity contribution in [3.63, 3.8) is 0 Å². The summed E-state index contributed by atoms with van der Waals surface area (Å²) < 4.78 is 0. The van der Waals surface area contributed by atoms with Crippen LogP contribution < -0.4 is 21.7 Å². The van der Waals surface area contributed by atoms with Crippen molar-refractivity contribution >= 4 is 29.6 Å². The van der Waals surface area contributed by atoms with Crippen molar-refractivity contribution in [1.82, 2.24) is 16.0 Å². The molecule has 0 spiro atoms. The quantitative estimate of drug-likeness (QED) is 0.376. The van der Waals surface area contributed by atoms with Crippen molar-refractivity contribution in [3.8, 4) is 0 Å². The number of nitrogens with one attached hydrogen (secondary N) is 3. The van der Waals surface area contributed by atoms with Gasteiger partial charge in [-0.1, -0.05) is 20.3 Å². The van der Waals surface area contributed by atoms with E-state index in [4.69, 9.17) is 5.73 Å². The number of amides is 4. The normalized spacial score (nSPS) is 27.3. The Bertz CT molecular complexity index is 472. The largest absolute Gasteiger partial charge is 0.368 e. The van der Waals surface area contributed by atoms with Gasteiger partial charge in [0.15, 0.2) is 0 Å². The van der Waals surface area contributed by atoms with Crippen LogP contribution in [0.3, 0.4) is 0 Å². The van der Waals surface area contributed by atoms with E-state index in [0.29, 0.717) is 11.7 Å². The van der Waals surface area contributed by atoms with Crippen molar-refractivity contribution in [2.45, 2.75) is 62.9 Å². The van der Waals surface area contributed by atoms with E-state index in [2.05, 4.69) is 16.0 Å². The van der Waals surface area contributed by atoms with Crippen LogP contribution in [0.25, 0.3) is 0 Å². The molecule has 2 heterocycles. The summed E-state index contributed by atoms with van der Waals surface area (Å²) in [5, 5.41) is 9.00. The van der Waals surface area contributed by atoms with E-state index in [1.165, 1.54) is 0 Å². The van der Waals surface area contributed by atoms with Crippen LogP contribution >= 0.6 is 11.8 Å². The summed E-state index contributed by atoms with van der Waals surface area (Å²) in [7, 11) is 0. The first kappa shape index (κ1) is 17.9. The lowest BCUT2D eigenvalue weighted by atomic mass is 10.0. The Labute approximate surface area is 140 Å². The molecule has 4 amide bonds. The topological polar surface area (TPSA) is 113 Å². The summed E-state index contributed by atoms with van der Waals surface area (Å²) >= 11 is 1.87. The van der Waals surface area contributed by atoms with Gasteiger partial charge in [-0.3, -0.25) is 9.59 Å². The van der Waals surface area contributed by atoms with Crippen LogP contribution in [0.1, 0.15) is 39.5 Å². The van der Waals surface area contributed by atoms with Crippen molar-refractivity contribution in [2.24, 2.45) is 11.7 Å². The predicted octanol–water partition coefficient (Wildman–Crippen LogP) is 0.338. The van der Waals surface area contributed by atoms with Crippen molar-refractivity contribution in [1.29, 1.82) is 0 Å². The van der Waals surface area contributed by atoms with Gasteiger partial charge in [-0.05, 0) is 18.8 Å². The molecule has 0 bridgehead atoms. The summed E-state index contributed by atoms with van der Waals surface area (Å²) in [4.78, 5) is 34.5. The highest BCUT2D eigenvalue weighted by molar-refractivity contribution is 8.00. The molecule has 8 heteroatoms. The van der Waals surface area contributed by atoms with E-state index < -0.39 is 11.9 Å². The van der Waals surface area contributed by atoms with Crippen molar-refractivity contribution in [3.05, 3.63) is 0 Å². The molecule has 0 saturated carbocycles. The third-order valence-corrected chi connectivity index (χ3v) is 5.88. The first-order chi connectivity index (χ1) is 10.9. The van der Waals surface area contributed by atoms with Crippen LogP contribution in [0.5, 0.6) is 0 Å². The van der Waals surface area contributed by atoms with Gasteiger partial charge in [-0.2, -0.15) is 11.8 Å². The van der Waals surface area contributed by atoms with Crippen LogP contribution in [-0.4, -0.2) is 47.0 Å². The molecule has 0 radical (unpaired) electrons. The molecule has 130 valence electrons. The molecule has 2 aliphatic heterocycles. The number of hydrogen-bond donors (Lipinski definition) is 4. The Morgan fingerprint density at radius 2 is 2.09 bits per heavy atom. The highest BCUT2D eigenvalue weighted by Gasteiger charge is 2.42. The second-order valence-corrected chi connectivity index (χ2v) is 7.83. The lowest BCUT2D eigenvalue weighted by Crippen LogP contribution is -2.47. The van der Waals surface area contributed by atoms with Gasteiger partial charge < -0.3 is 21.7 Å². The fraction of sp³-hybridized carbons (Fsp3) is 0.800. The number of carbonyl (C=O) groups excluding carboxylic acids is 3. The van der Waals surface area contributed by atoms with Crippen LogP contribution in [0.4, 0.5) is 4.79 Å². The highest BCUT2D eigenvalue weighted by atomic mass is 32.2. The Hall–Kier alpha value is -1.44. The fourth-order valence-corrected chi connectivity index (χ4v) is 4.63. The molecule has 7 nitrogen and oxygen atoms in total. The minimum absolute atomic E-state index is 0.0123. The lowest BCUT2D eigenvalue weighted by molar-refractivity contribution is -0.128. The summed E-state index contributed by atoms with van der Waals surface area (Å²) in [6.45, 7) is 3.71. The average Bonchev–Trinajstić information content (AvgIpc) is 3.00. The standard InChI is InChI=1S/C15H26N4O3S/c1-8(2)12(14(16)21)18-11(20)6-4-3-5-10-13-9(7-23-10)17-15(22)19-13/h8-10,12-13H,3-7H2,1-2H3,(H2,16,21)(H,18,20)(H2,17,19,22)/t9-,10-,12-,13-/m0/s1. The number of carbonyl (C=O) groups is 3. The molecular formula is C15H26N4O3S. The van der Waals surface area contributed by atoms with Crippen LogP contribution in [-0.2, 0) is 9.59 Å². The third kappa shape index (κ3) is 4.76. The maximum Gasteiger partial charge on any atom is 0.315 e. The molecule has 0 aromatic heterocycles. The number of urea groups is 1. The zero-order valence-corrected chi connectivity index (χ0v) is 14.4. The molecule has 0 aromatic carbocycles. The molecular weight excluding hydrogens is 316 g/mol. The SMILES string of the molecule is CC(C)[C@H](NC(=O)CCCC[C@@H]1SC[C@@H]2NC(=O)N[C@@H]21)C(N)=O. The number of unbranched alkanes of at least 4 members (excludes halogenated alkanes) is 1. The van der Waals surface area contributed by atoms with Gasteiger partial charge in [-0.15, -0.1) is 0 Å². The monoisotopic (exact) mass is 342 g/mol. The Morgan fingerprint density at radius 1 is 1.35 bits per heavy atom. The van der Waals surface area contributed by atoms with Gasteiger partial charge in [0.05, 0.1) is 12.1 Å². The van der Waals surface area contributed by atoms with E-state index in [1.54, 1.807) is 0 Å². The molecule has 2 aliphatic rings. The van der Waals surface area contributed by atoms with E-state index in [1.807, 2.05) is 25.6 Å². The minimum atomic E-state index is -0.603. The number of primary amides is 1. The zero-order valence-electron chi connectivity index (χ0n) is 13.6. The van der Waals surface area contributed by atoms with Crippen molar-refractivity contribution < 1.29 is 14.4 Å². The Morgan fingerprint density at radius 3 is 2.74 bits per heavy atom. The highest BCUT2D eigenvalue weighted by Crippen LogP contribution is 2.33. The van der Waals surface area contributed by atoms with Crippen LogP contribution in [0, 0.1) is 5.92 Å². The molecule has 0 aliphatic carbocycles. The molecule has 0 aromatic rings. The smallest absolute Gasteiger partial charge is 0.315 e. The van der Waals surface area contributed by atoms with Crippen LogP contribution in [0.2, 0.25) is 0 Å². The lowest BCUT2D eigenvalue weighted by Gasteiger charge is -2.19.